The molecule has 1 N–H and O–H groups in total. The third-order valence-electron chi connectivity index (χ3n) is 3.60. The van der Waals surface area contributed by atoms with Crippen LogP contribution in [0, 0.1) is 0 Å². The first-order valence-electron chi connectivity index (χ1n) is 7.68. The van der Waals surface area contributed by atoms with Gasteiger partial charge >= 0.3 is 0 Å². The van der Waals surface area contributed by atoms with Crippen LogP contribution in [0.3, 0.4) is 0 Å². The van der Waals surface area contributed by atoms with E-state index in [1.165, 1.54) is 17.5 Å². The average molecular weight is 271 g/mol. The van der Waals surface area contributed by atoms with Crippen LogP contribution in [0.4, 0.5) is 0 Å². The van der Waals surface area contributed by atoms with E-state index in [2.05, 4.69) is 49.5 Å². The second-order valence-corrected chi connectivity index (χ2v) is 5.22. The highest BCUT2D eigenvalue weighted by molar-refractivity contribution is 5.26. The van der Waals surface area contributed by atoms with Gasteiger partial charge in [-0.1, -0.05) is 44.5 Å². The van der Waals surface area contributed by atoms with Gasteiger partial charge in [0.05, 0.1) is 6.26 Å². The summed E-state index contributed by atoms with van der Waals surface area (Å²) in [5.74, 6) is 1.07. The highest BCUT2D eigenvalue weighted by atomic mass is 16.3. The van der Waals surface area contributed by atoms with Gasteiger partial charge in [-0.2, -0.15) is 0 Å². The first-order chi connectivity index (χ1) is 9.83. The molecule has 0 aliphatic rings. The molecule has 20 heavy (non-hydrogen) atoms. The van der Waals surface area contributed by atoms with Crippen molar-refractivity contribution in [1.29, 1.82) is 0 Å². The zero-order valence-electron chi connectivity index (χ0n) is 12.6. The SMILES string of the molecule is CCCc1cccc(C(CCc2ccco2)NCC)c1. The molecule has 0 aliphatic heterocycles. The number of furan rings is 1. The van der Waals surface area contributed by atoms with Crippen molar-refractivity contribution in [3.63, 3.8) is 0 Å². The van der Waals surface area contributed by atoms with Gasteiger partial charge in [-0.15, -0.1) is 0 Å². The topological polar surface area (TPSA) is 25.2 Å². The van der Waals surface area contributed by atoms with Crippen LogP contribution in [0.15, 0.2) is 47.1 Å². The zero-order chi connectivity index (χ0) is 14.2. The van der Waals surface area contributed by atoms with Crippen LogP contribution in [0.5, 0.6) is 0 Å². The van der Waals surface area contributed by atoms with E-state index < -0.39 is 0 Å². The summed E-state index contributed by atoms with van der Waals surface area (Å²) in [4.78, 5) is 0. The molecule has 1 heterocycles. The molecule has 0 saturated carbocycles. The highest BCUT2D eigenvalue weighted by Gasteiger charge is 2.11. The van der Waals surface area contributed by atoms with Crippen molar-refractivity contribution < 1.29 is 4.42 Å². The molecule has 108 valence electrons. The molecule has 0 bridgehead atoms. The lowest BCUT2D eigenvalue weighted by atomic mass is 9.98. The van der Waals surface area contributed by atoms with Gasteiger partial charge in [-0.25, -0.2) is 0 Å². The van der Waals surface area contributed by atoms with Crippen LogP contribution in [0.1, 0.15) is 49.6 Å². The van der Waals surface area contributed by atoms with Gasteiger partial charge in [0.25, 0.3) is 0 Å². The number of benzene rings is 1. The van der Waals surface area contributed by atoms with Crippen LogP contribution in [-0.4, -0.2) is 6.54 Å². The van der Waals surface area contributed by atoms with Gasteiger partial charge in [0, 0.05) is 12.5 Å². The molecule has 0 aliphatic carbocycles. The largest absolute Gasteiger partial charge is 0.469 e. The summed E-state index contributed by atoms with van der Waals surface area (Å²) in [7, 11) is 0. The number of rotatable bonds is 8. The van der Waals surface area contributed by atoms with Crippen molar-refractivity contribution in [1.82, 2.24) is 5.32 Å². The standard InChI is InChI=1S/C18H25NO/c1-3-7-15-8-5-9-16(14-15)18(19-4-2)12-11-17-10-6-13-20-17/h5-6,8-10,13-14,18-19H,3-4,7,11-12H2,1-2H3. The fraction of sp³-hybridized carbons (Fsp3) is 0.444. The van der Waals surface area contributed by atoms with Gasteiger partial charge in [0.1, 0.15) is 5.76 Å². The molecule has 2 heteroatoms. The minimum absolute atomic E-state index is 0.405. The third-order valence-corrected chi connectivity index (χ3v) is 3.60. The van der Waals surface area contributed by atoms with Crippen molar-refractivity contribution in [2.24, 2.45) is 0 Å². The Morgan fingerprint density at radius 3 is 2.70 bits per heavy atom. The molecule has 0 saturated heterocycles. The van der Waals surface area contributed by atoms with Crippen molar-refractivity contribution in [3.05, 3.63) is 59.5 Å². The molecular weight excluding hydrogens is 246 g/mol. The smallest absolute Gasteiger partial charge is 0.103 e. The van der Waals surface area contributed by atoms with Gasteiger partial charge in [0.15, 0.2) is 0 Å². The number of hydrogen-bond donors (Lipinski definition) is 1. The second kappa shape index (κ2) is 7.91. The first kappa shape index (κ1) is 14.9. The Morgan fingerprint density at radius 1 is 1.10 bits per heavy atom. The molecule has 1 aromatic heterocycles. The van der Waals surface area contributed by atoms with E-state index in [0.717, 1.165) is 31.6 Å². The van der Waals surface area contributed by atoms with E-state index in [4.69, 9.17) is 4.42 Å². The number of hydrogen-bond acceptors (Lipinski definition) is 2. The van der Waals surface area contributed by atoms with E-state index in [9.17, 15) is 0 Å². The fourth-order valence-corrected chi connectivity index (χ4v) is 2.63. The summed E-state index contributed by atoms with van der Waals surface area (Å²) in [6, 6.07) is 13.4. The van der Waals surface area contributed by atoms with Crippen molar-refractivity contribution in [2.75, 3.05) is 6.54 Å². The molecule has 0 radical (unpaired) electrons. The first-order valence-corrected chi connectivity index (χ1v) is 7.68. The van der Waals surface area contributed by atoms with Crippen LogP contribution in [0.2, 0.25) is 0 Å². The van der Waals surface area contributed by atoms with Crippen LogP contribution < -0.4 is 5.32 Å². The minimum Gasteiger partial charge on any atom is -0.469 e. The lowest BCUT2D eigenvalue weighted by molar-refractivity contribution is 0.458. The Labute approximate surface area is 122 Å². The quantitative estimate of drug-likeness (QED) is 0.764. The molecule has 1 atom stereocenters. The molecule has 2 aromatic rings. The molecular formula is C18H25NO. The maximum atomic E-state index is 5.43. The van der Waals surface area contributed by atoms with Crippen molar-refractivity contribution >= 4 is 0 Å². The van der Waals surface area contributed by atoms with Gasteiger partial charge in [0.2, 0.25) is 0 Å². The summed E-state index contributed by atoms with van der Waals surface area (Å²) in [6.45, 7) is 5.38. The fourth-order valence-electron chi connectivity index (χ4n) is 2.63. The van der Waals surface area contributed by atoms with Crippen LogP contribution in [0.25, 0.3) is 0 Å². The Kier molecular flexibility index (Phi) is 5.87. The Hall–Kier alpha value is -1.54. The number of aryl methyl sites for hydroxylation is 2. The minimum atomic E-state index is 0.405. The molecule has 0 fully saturated rings. The lowest BCUT2D eigenvalue weighted by Crippen LogP contribution is -2.21. The molecule has 1 aromatic carbocycles. The second-order valence-electron chi connectivity index (χ2n) is 5.22. The maximum absolute atomic E-state index is 5.43. The zero-order valence-corrected chi connectivity index (χ0v) is 12.6. The summed E-state index contributed by atoms with van der Waals surface area (Å²) < 4.78 is 5.43. The van der Waals surface area contributed by atoms with Gasteiger partial charge in [-0.05, 0) is 42.6 Å². The predicted molar refractivity (Wildman–Crippen MR) is 83.9 cm³/mol. The molecule has 1 unspecified atom stereocenters. The van der Waals surface area contributed by atoms with Crippen molar-refractivity contribution in [3.8, 4) is 0 Å². The summed E-state index contributed by atoms with van der Waals surface area (Å²) >= 11 is 0. The highest BCUT2D eigenvalue weighted by Crippen LogP contribution is 2.21. The predicted octanol–water partition coefficient (Wildman–Crippen LogP) is 4.52. The average Bonchev–Trinajstić information content (AvgIpc) is 2.97. The van der Waals surface area contributed by atoms with Gasteiger partial charge < -0.3 is 9.73 Å². The molecule has 2 nitrogen and oxygen atoms in total. The monoisotopic (exact) mass is 271 g/mol. The summed E-state index contributed by atoms with van der Waals surface area (Å²) in [5, 5.41) is 3.59. The van der Waals surface area contributed by atoms with Gasteiger partial charge in [-0.3, -0.25) is 0 Å². The Bertz CT molecular complexity index is 490. The van der Waals surface area contributed by atoms with Crippen LogP contribution >= 0.6 is 0 Å². The lowest BCUT2D eigenvalue weighted by Gasteiger charge is -2.18. The normalized spacial score (nSPS) is 12.5. The molecule has 2 rings (SSSR count). The Morgan fingerprint density at radius 2 is 2.00 bits per heavy atom. The van der Waals surface area contributed by atoms with Crippen molar-refractivity contribution in [2.45, 2.75) is 45.6 Å². The number of nitrogens with one attached hydrogen (secondary N) is 1. The molecule has 0 amide bonds. The van der Waals surface area contributed by atoms with E-state index >= 15 is 0 Å². The van der Waals surface area contributed by atoms with E-state index in [1.807, 2.05) is 6.07 Å². The third kappa shape index (κ3) is 4.24. The maximum Gasteiger partial charge on any atom is 0.103 e. The summed E-state index contributed by atoms with van der Waals surface area (Å²) in [5.41, 5.74) is 2.83. The van der Waals surface area contributed by atoms with E-state index in [0.29, 0.717) is 6.04 Å². The van der Waals surface area contributed by atoms with E-state index in [-0.39, 0.29) is 0 Å². The Balaban J connectivity index is 2.04. The summed E-state index contributed by atoms with van der Waals surface area (Å²) in [6.07, 6.45) is 6.14. The van der Waals surface area contributed by atoms with Crippen LogP contribution in [-0.2, 0) is 12.8 Å². The molecule has 0 spiro atoms. The van der Waals surface area contributed by atoms with E-state index in [1.54, 1.807) is 6.26 Å².